The summed E-state index contributed by atoms with van der Waals surface area (Å²) in [5.74, 6) is 0.0364. The molecule has 0 aromatic rings. The number of phosphoric acid groups is 1. The van der Waals surface area contributed by atoms with Crippen LogP contribution in [-0.2, 0) is 23.0 Å². The average Bonchev–Trinajstić information content (AvgIpc) is 2.26. The number of hydroxylamine groups is 2. The molecule has 0 aromatic carbocycles. The van der Waals surface area contributed by atoms with E-state index < -0.39 is 7.82 Å². The standard InChI is InChI=1S/C13H24NO5P/c1-6-17-20(16,18-7-2)19-14(5)11-8-12(15)10-13(3,4)9-11/h8H,6-7,9-10H2,1-5H3. The van der Waals surface area contributed by atoms with Crippen molar-refractivity contribution in [1.29, 1.82) is 0 Å². The molecule has 0 spiro atoms. The molecule has 1 aliphatic rings. The Labute approximate surface area is 120 Å². The molecule has 0 saturated carbocycles. The van der Waals surface area contributed by atoms with E-state index in [9.17, 15) is 9.36 Å². The quantitative estimate of drug-likeness (QED) is 0.531. The molecule has 7 heteroatoms. The Morgan fingerprint density at radius 1 is 1.25 bits per heavy atom. The monoisotopic (exact) mass is 305 g/mol. The van der Waals surface area contributed by atoms with Crippen LogP contribution < -0.4 is 0 Å². The van der Waals surface area contributed by atoms with E-state index in [0.717, 1.165) is 0 Å². The average molecular weight is 305 g/mol. The maximum absolute atomic E-state index is 12.3. The molecule has 0 atom stereocenters. The Bertz CT molecular complexity index is 422. The lowest BCUT2D eigenvalue weighted by atomic mass is 9.79. The van der Waals surface area contributed by atoms with Crippen molar-refractivity contribution < 1.29 is 23.0 Å². The van der Waals surface area contributed by atoms with Crippen LogP contribution in [0.3, 0.4) is 0 Å². The molecule has 1 rings (SSSR count). The predicted molar refractivity (Wildman–Crippen MR) is 75.8 cm³/mol. The third-order valence-corrected chi connectivity index (χ3v) is 4.44. The molecule has 0 aliphatic heterocycles. The Hall–Kier alpha value is -0.680. The highest BCUT2D eigenvalue weighted by molar-refractivity contribution is 7.48. The summed E-state index contributed by atoms with van der Waals surface area (Å²) in [6.07, 6.45) is 2.68. The maximum atomic E-state index is 12.3. The molecule has 0 saturated heterocycles. The van der Waals surface area contributed by atoms with E-state index in [1.165, 1.54) is 11.1 Å². The number of allylic oxidation sites excluding steroid dienone is 2. The van der Waals surface area contributed by atoms with Crippen molar-refractivity contribution in [2.24, 2.45) is 5.41 Å². The van der Waals surface area contributed by atoms with Crippen LogP contribution in [0.2, 0.25) is 0 Å². The summed E-state index contributed by atoms with van der Waals surface area (Å²) in [7, 11) is -2.03. The van der Waals surface area contributed by atoms with Crippen molar-refractivity contribution in [3.05, 3.63) is 11.8 Å². The van der Waals surface area contributed by atoms with Gasteiger partial charge in [0.2, 0.25) is 0 Å². The summed E-state index contributed by atoms with van der Waals surface area (Å²) in [6, 6.07) is 0. The van der Waals surface area contributed by atoms with Gasteiger partial charge in [-0.25, -0.2) is 4.57 Å². The third-order valence-electron chi connectivity index (χ3n) is 2.84. The predicted octanol–water partition coefficient (Wildman–Crippen LogP) is 3.30. The van der Waals surface area contributed by atoms with Crippen LogP contribution >= 0.6 is 7.82 Å². The summed E-state index contributed by atoms with van der Waals surface area (Å²) in [5, 5.41) is 1.32. The van der Waals surface area contributed by atoms with Crippen molar-refractivity contribution in [2.45, 2.75) is 40.5 Å². The van der Waals surface area contributed by atoms with Crippen LogP contribution in [0.15, 0.2) is 11.8 Å². The minimum absolute atomic E-state index is 0.0364. The SMILES string of the molecule is CCOP(=O)(OCC)ON(C)C1=CC(=O)CC(C)(C)C1. The Balaban J connectivity index is 2.81. The number of phosphoric ester groups is 1. The molecule has 0 heterocycles. The van der Waals surface area contributed by atoms with Gasteiger partial charge in [-0.05, 0) is 25.7 Å². The van der Waals surface area contributed by atoms with Crippen LogP contribution in [0, 0.1) is 5.41 Å². The summed E-state index contributed by atoms with van der Waals surface area (Å²) in [6.45, 7) is 7.87. The zero-order chi connectivity index (χ0) is 15.4. The first kappa shape index (κ1) is 17.4. The van der Waals surface area contributed by atoms with Crippen molar-refractivity contribution in [3.63, 3.8) is 0 Å². The second-order valence-electron chi connectivity index (χ2n) is 5.48. The molecule has 0 bridgehead atoms. The number of carbonyl (C=O) groups excluding carboxylic acids is 1. The Kier molecular flexibility index (Phi) is 5.95. The minimum Gasteiger partial charge on any atom is -0.295 e. The smallest absolute Gasteiger partial charge is 0.295 e. The topological polar surface area (TPSA) is 65.1 Å². The Morgan fingerprint density at radius 3 is 2.25 bits per heavy atom. The van der Waals surface area contributed by atoms with E-state index in [2.05, 4.69) is 0 Å². The van der Waals surface area contributed by atoms with Gasteiger partial charge in [0.15, 0.2) is 5.78 Å². The van der Waals surface area contributed by atoms with Gasteiger partial charge in [-0.2, -0.15) is 4.62 Å². The van der Waals surface area contributed by atoms with Gasteiger partial charge >= 0.3 is 7.82 Å². The second-order valence-corrected chi connectivity index (χ2v) is 7.06. The number of ketones is 1. The summed E-state index contributed by atoms with van der Waals surface area (Å²) in [4.78, 5) is 11.7. The first-order valence-corrected chi connectivity index (χ1v) is 8.23. The summed E-state index contributed by atoms with van der Waals surface area (Å²) < 4.78 is 27.7. The molecule has 20 heavy (non-hydrogen) atoms. The van der Waals surface area contributed by atoms with Gasteiger partial charge in [-0.1, -0.05) is 13.8 Å². The van der Waals surface area contributed by atoms with Gasteiger partial charge in [-0.15, -0.1) is 0 Å². The number of hydrogen-bond acceptors (Lipinski definition) is 6. The highest BCUT2D eigenvalue weighted by atomic mass is 31.2. The zero-order valence-electron chi connectivity index (χ0n) is 12.8. The first-order chi connectivity index (χ1) is 9.21. The molecule has 116 valence electrons. The number of carbonyl (C=O) groups is 1. The molecule has 0 aromatic heterocycles. The van der Waals surface area contributed by atoms with Crippen LogP contribution in [0.25, 0.3) is 0 Å². The number of hydrogen-bond donors (Lipinski definition) is 0. The lowest BCUT2D eigenvalue weighted by Gasteiger charge is -2.33. The molecule has 0 radical (unpaired) electrons. The van der Waals surface area contributed by atoms with E-state index in [1.54, 1.807) is 20.9 Å². The zero-order valence-corrected chi connectivity index (χ0v) is 13.7. The summed E-state index contributed by atoms with van der Waals surface area (Å²) in [5.41, 5.74) is 0.533. The van der Waals surface area contributed by atoms with Gasteiger partial charge in [0.05, 0.1) is 13.2 Å². The molecular weight excluding hydrogens is 281 g/mol. The third kappa shape index (κ3) is 5.02. The lowest BCUT2D eigenvalue weighted by Crippen LogP contribution is -2.29. The summed E-state index contributed by atoms with van der Waals surface area (Å²) >= 11 is 0. The van der Waals surface area contributed by atoms with Crippen molar-refractivity contribution in [2.75, 3.05) is 20.3 Å². The normalized spacial score (nSPS) is 18.9. The fourth-order valence-electron chi connectivity index (χ4n) is 2.12. The molecule has 0 unspecified atom stereocenters. The Morgan fingerprint density at radius 2 is 1.80 bits per heavy atom. The highest BCUT2D eigenvalue weighted by Crippen LogP contribution is 2.51. The van der Waals surface area contributed by atoms with Crippen molar-refractivity contribution in [3.8, 4) is 0 Å². The van der Waals surface area contributed by atoms with E-state index in [0.29, 0.717) is 18.5 Å². The molecular formula is C13H24NO5P. The van der Waals surface area contributed by atoms with E-state index in [1.807, 2.05) is 13.8 Å². The van der Waals surface area contributed by atoms with Gasteiger partial charge in [0.1, 0.15) is 0 Å². The largest absolute Gasteiger partial charge is 0.496 e. The van der Waals surface area contributed by atoms with Crippen LogP contribution in [0.4, 0.5) is 0 Å². The van der Waals surface area contributed by atoms with Gasteiger partial charge in [0, 0.05) is 25.2 Å². The second kappa shape index (κ2) is 6.85. The molecule has 0 fully saturated rings. The fourth-order valence-corrected chi connectivity index (χ4v) is 3.32. The van der Waals surface area contributed by atoms with Gasteiger partial charge in [-0.3, -0.25) is 18.9 Å². The maximum Gasteiger partial charge on any atom is 0.496 e. The molecule has 0 N–H and O–H groups in total. The van der Waals surface area contributed by atoms with E-state index in [-0.39, 0.29) is 24.4 Å². The number of rotatable bonds is 7. The molecule has 6 nitrogen and oxygen atoms in total. The van der Waals surface area contributed by atoms with Crippen molar-refractivity contribution in [1.82, 2.24) is 5.06 Å². The molecule has 1 aliphatic carbocycles. The van der Waals surface area contributed by atoms with E-state index >= 15 is 0 Å². The van der Waals surface area contributed by atoms with E-state index in [4.69, 9.17) is 13.7 Å². The number of nitrogens with zero attached hydrogens (tertiary/aromatic N) is 1. The van der Waals surface area contributed by atoms with Gasteiger partial charge in [0.25, 0.3) is 0 Å². The van der Waals surface area contributed by atoms with Crippen LogP contribution in [0.1, 0.15) is 40.5 Å². The highest BCUT2D eigenvalue weighted by Gasteiger charge is 2.33. The van der Waals surface area contributed by atoms with Gasteiger partial charge < -0.3 is 0 Å². The van der Waals surface area contributed by atoms with Crippen molar-refractivity contribution >= 4 is 13.6 Å². The lowest BCUT2D eigenvalue weighted by molar-refractivity contribution is -0.118. The minimum atomic E-state index is -3.63. The fraction of sp³-hybridized carbons (Fsp3) is 0.769. The molecule has 0 amide bonds. The van der Waals surface area contributed by atoms with Crippen LogP contribution in [0.5, 0.6) is 0 Å². The van der Waals surface area contributed by atoms with Crippen LogP contribution in [-0.4, -0.2) is 31.1 Å². The first-order valence-electron chi connectivity index (χ1n) is 6.77.